The van der Waals surface area contributed by atoms with Gasteiger partial charge >= 0.3 is 0 Å². The van der Waals surface area contributed by atoms with Gasteiger partial charge in [0.25, 0.3) is 5.43 Å². The van der Waals surface area contributed by atoms with Crippen LogP contribution < -0.4 is 21.3 Å². The van der Waals surface area contributed by atoms with Gasteiger partial charge in [-0.15, -0.1) is 0 Å². The largest absolute Gasteiger partial charge is 0.503 e. The van der Waals surface area contributed by atoms with E-state index in [1.807, 2.05) is 4.57 Å². The van der Waals surface area contributed by atoms with Crippen LogP contribution in [0.5, 0.6) is 5.75 Å². The van der Waals surface area contributed by atoms with E-state index in [2.05, 4.69) is 19.7 Å². The van der Waals surface area contributed by atoms with Crippen molar-refractivity contribution in [2.24, 2.45) is 0 Å². The van der Waals surface area contributed by atoms with Gasteiger partial charge in [-0.3, -0.25) is 19.0 Å². The Morgan fingerprint density at radius 1 is 1.21 bits per heavy atom. The molecule has 0 aliphatic carbocycles. The number of hydrogen-bond donors (Lipinski definition) is 3. The van der Waals surface area contributed by atoms with E-state index in [4.69, 9.17) is 10.5 Å². The number of Topliss-reactive ketones (excluding diaryl/α,β-unsaturated/α-hetero) is 1. The van der Waals surface area contributed by atoms with Gasteiger partial charge in [-0.2, -0.15) is 0 Å². The number of nitrogens with one attached hydrogen (secondary N) is 1. The van der Waals surface area contributed by atoms with Crippen molar-refractivity contribution in [1.82, 2.24) is 24.2 Å². The molecule has 3 unspecified atom stereocenters. The summed E-state index contributed by atoms with van der Waals surface area (Å²) in [5, 5.41) is 11.2. The lowest BCUT2D eigenvalue weighted by atomic mass is 9.92. The molecule has 4 N–H and O–H groups in total. The summed E-state index contributed by atoms with van der Waals surface area (Å²) in [4.78, 5) is 48.3. The monoisotopic (exact) mass is 536 g/mol. The molecule has 2 aromatic carbocycles. The predicted octanol–water partition coefficient (Wildman–Crippen LogP) is 1.48. The number of nitrogens with zero attached hydrogens (tertiary/aromatic N) is 4. The van der Waals surface area contributed by atoms with E-state index in [-0.39, 0.29) is 41.2 Å². The fourth-order valence-corrected chi connectivity index (χ4v) is 5.18. The van der Waals surface area contributed by atoms with Gasteiger partial charge in [0, 0.05) is 29.5 Å². The molecule has 196 valence electrons. The van der Waals surface area contributed by atoms with Crippen LogP contribution in [0.25, 0.3) is 22.3 Å². The first-order chi connectivity index (χ1) is 18.3. The maximum atomic E-state index is 12.7. The van der Waals surface area contributed by atoms with Crippen molar-refractivity contribution in [2.75, 3.05) is 12.3 Å². The maximum absolute atomic E-state index is 12.7. The first kappa shape index (κ1) is 25.6. The Bertz CT molecular complexity index is 1640. The Morgan fingerprint density at radius 3 is 2.84 bits per heavy atom. The third-order valence-electron chi connectivity index (χ3n) is 6.38. The van der Waals surface area contributed by atoms with Crippen molar-refractivity contribution in [1.29, 1.82) is 0 Å². The number of ketones is 1. The average molecular weight is 537 g/mol. The highest BCUT2D eigenvalue weighted by Gasteiger charge is 2.28. The lowest BCUT2D eigenvalue weighted by Gasteiger charge is -2.15. The van der Waals surface area contributed by atoms with Gasteiger partial charge in [0.15, 0.2) is 23.0 Å². The molecule has 1 aliphatic rings. The van der Waals surface area contributed by atoms with E-state index >= 15 is 0 Å². The number of nitrogens with two attached hydrogens (primary N) is 1. The summed E-state index contributed by atoms with van der Waals surface area (Å²) in [6.07, 6.45) is 6.14. The number of nitrogen functional groups attached to an aromatic ring is 1. The number of imidazole rings is 1. The van der Waals surface area contributed by atoms with Crippen molar-refractivity contribution in [2.45, 2.75) is 38.0 Å². The topological polar surface area (TPSA) is 179 Å². The molecule has 0 saturated carbocycles. The van der Waals surface area contributed by atoms with E-state index < -0.39 is 27.6 Å². The minimum atomic E-state index is -1.47. The fourth-order valence-electron chi connectivity index (χ4n) is 4.42. The number of ether oxygens (including phenoxy) is 1. The van der Waals surface area contributed by atoms with E-state index in [1.54, 1.807) is 30.6 Å². The van der Waals surface area contributed by atoms with Crippen molar-refractivity contribution in [3.05, 3.63) is 74.4 Å². The second-order valence-electron chi connectivity index (χ2n) is 8.78. The molecule has 0 bridgehead atoms. The van der Waals surface area contributed by atoms with Gasteiger partial charge in [-0.1, -0.05) is 30.3 Å². The third kappa shape index (κ3) is 4.90. The predicted molar refractivity (Wildman–Crippen MR) is 140 cm³/mol. The molecule has 0 amide bonds. The number of fused-ring (bicyclic) bond motifs is 1. The second kappa shape index (κ2) is 10.7. The zero-order valence-corrected chi connectivity index (χ0v) is 20.9. The van der Waals surface area contributed by atoms with Crippen LogP contribution >= 0.6 is 0 Å². The summed E-state index contributed by atoms with van der Waals surface area (Å²) in [7, 11) is -1.47. The molecule has 0 radical (unpaired) electrons. The molecule has 3 heterocycles. The van der Waals surface area contributed by atoms with Crippen molar-refractivity contribution >= 4 is 33.8 Å². The first-order valence-electron chi connectivity index (χ1n) is 11.9. The Balaban J connectivity index is 1.10. The van der Waals surface area contributed by atoms with Crippen LogP contribution in [0.15, 0.2) is 58.0 Å². The molecule has 5 rings (SSSR count). The molecule has 1 saturated heterocycles. The van der Waals surface area contributed by atoms with Crippen molar-refractivity contribution < 1.29 is 18.8 Å². The van der Waals surface area contributed by atoms with Gasteiger partial charge in [0.2, 0.25) is 5.43 Å². The number of carbonyl (C=O) groups is 1. The van der Waals surface area contributed by atoms with Gasteiger partial charge < -0.3 is 15.6 Å². The van der Waals surface area contributed by atoms with Gasteiger partial charge in [0.1, 0.15) is 29.1 Å². The molecule has 12 nitrogen and oxygen atoms in total. The smallest absolute Gasteiger partial charge is 0.268 e. The van der Waals surface area contributed by atoms with Crippen LogP contribution in [-0.4, -0.2) is 47.3 Å². The highest BCUT2D eigenvalue weighted by atomic mass is 32.2. The van der Waals surface area contributed by atoms with Gasteiger partial charge in [0.05, 0.1) is 18.0 Å². The number of rotatable bonds is 10. The number of benzene rings is 1. The highest BCUT2D eigenvalue weighted by Crippen LogP contribution is 2.31. The Labute approximate surface area is 218 Å². The maximum Gasteiger partial charge on any atom is 0.268 e. The van der Waals surface area contributed by atoms with E-state index in [0.29, 0.717) is 29.9 Å². The van der Waals surface area contributed by atoms with Crippen molar-refractivity contribution in [3.63, 3.8) is 0 Å². The quantitative estimate of drug-likeness (QED) is 0.198. The van der Waals surface area contributed by atoms with Crippen LogP contribution in [0.4, 0.5) is 5.82 Å². The van der Waals surface area contributed by atoms with Crippen molar-refractivity contribution in [3.8, 4) is 16.9 Å². The lowest BCUT2D eigenvalue weighted by molar-refractivity contribution is 0.00727. The summed E-state index contributed by atoms with van der Waals surface area (Å²) in [6, 6.07) is 6.32. The van der Waals surface area contributed by atoms with Gasteiger partial charge in [-0.05, 0) is 19.3 Å². The van der Waals surface area contributed by atoms with Crippen LogP contribution in [0.1, 0.15) is 42.3 Å². The van der Waals surface area contributed by atoms with Gasteiger partial charge in [-0.25, -0.2) is 23.9 Å². The standard InChI is InChI=1S/C25H24N6O6S/c26-24-20-25(28-12-27-24)31(13-29-20)18-9-8-14(37-18)11-30-38(36)10-4-3-7-17(32)15-5-1-2-6-16(15)19-21(33)23(35)22(19)34/h1-2,4-6,10,12-14,18,30,33H,3,7-9,11H2,(H2,26,27,28)/b10-4+. The number of anilines is 1. The minimum Gasteiger partial charge on any atom is -0.503 e. The normalized spacial score (nSPS) is 18.5. The summed E-state index contributed by atoms with van der Waals surface area (Å²) in [5.74, 6) is -0.577. The first-order valence-corrected chi connectivity index (χ1v) is 13.1. The minimum absolute atomic E-state index is 0.0985. The Morgan fingerprint density at radius 2 is 2.03 bits per heavy atom. The molecule has 13 heteroatoms. The molecule has 4 aromatic rings. The molecule has 1 aliphatic heterocycles. The summed E-state index contributed by atoms with van der Waals surface area (Å²) >= 11 is 0. The van der Waals surface area contributed by atoms with Crippen LogP contribution in [0, 0.1) is 0 Å². The summed E-state index contributed by atoms with van der Waals surface area (Å²) in [5.41, 5.74) is 5.56. The zero-order valence-electron chi connectivity index (χ0n) is 20.1. The Hall–Kier alpha value is -4.07. The number of hydrogen-bond acceptors (Lipinski definition) is 10. The molecular formula is C25H24N6O6S. The van der Waals surface area contributed by atoms with E-state index in [1.165, 1.54) is 17.8 Å². The average Bonchev–Trinajstić information content (AvgIpc) is 3.58. The lowest BCUT2D eigenvalue weighted by Crippen LogP contribution is -2.32. The number of aromatic hydroxyl groups is 1. The molecule has 1 fully saturated rings. The zero-order chi connectivity index (χ0) is 26.8. The molecule has 38 heavy (non-hydrogen) atoms. The van der Waals surface area contributed by atoms with Crippen LogP contribution in [0.3, 0.4) is 0 Å². The fraction of sp³-hybridized carbons (Fsp3) is 0.280. The Kier molecular flexibility index (Phi) is 7.22. The molecule has 3 atom stereocenters. The van der Waals surface area contributed by atoms with E-state index in [9.17, 15) is 23.7 Å². The van der Waals surface area contributed by atoms with Crippen LogP contribution in [0.2, 0.25) is 0 Å². The second-order valence-corrected chi connectivity index (χ2v) is 9.94. The van der Waals surface area contributed by atoms with E-state index in [0.717, 1.165) is 12.8 Å². The van der Waals surface area contributed by atoms with Crippen LogP contribution in [-0.2, 0) is 15.7 Å². The number of carbonyl (C=O) groups excluding carboxylic acids is 1. The number of allylic oxidation sites excluding steroid dienone is 1. The summed E-state index contributed by atoms with van der Waals surface area (Å²) < 4.78 is 23.1. The number of aromatic nitrogens is 4. The SMILES string of the molecule is Nc1ncnc2c1ncn2C1CCC(CNS(=O)/C=C/CCC(=O)c2ccccc2-c2c(O)c(=O)c2=O)O1. The highest BCUT2D eigenvalue weighted by molar-refractivity contribution is 7.86. The molecule has 0 spiro atoms. The summed E-state index contributed by atoms with van der Waals surface area (Å²) in [6.45, 7) is 0.370. The third-order valence-corrected chi connectivity index (χ3v) is 7.27. The molecular weight excluding hydrogens is 512 g/mol. The molecule has 2 aromatic heterocycles.